The van der Waals surface area contributed by atoms with Crippen LogP contribution in [-0.4, -0.2) is 34.2 Å². The number of hydrogen-bond acceptors (Lipinski definition) is 3. The number of hydrogen-bond donors (Lipinski definition) is 3. The highest BCUT2D eigenvalue weighted by atomic mass is 79.9. The lowest BCUT2D eigenvalue weighted by atomic mass is 10.1. The van der Waals surface area contributed by atoms with Gasteiger partial charge in [-0.2, -0.15) is 0 Å². The van der Waals surface area contributed by atoms with E-state index in [2.05, 4.69) is 21.2 Å². The molecular weight excluding hydrogens is 309 g/mol. The molecule has 0 saturated heterocycles. The molecule has 0 aliphatic heterocycles. The molecule has 0 spiro atoms. The van der Waals surface area contributed by atoms with Gasteiger partial charge >= 0.3 is 5.97 Å². The summed E-state index contributed by atoms with van der Waals surface area (Å²) < 4.78 is 13.7. The molecule has 0 aliphatic carbocycles. The fraction of sp³-hybridized carbons (Fsp3) is 0.273. The molecule has 1 unspecified atom stereocenters. The van der Waals surface area contributed by atoms with Crippen molar-refractivity contribution in [3.8, 4) is 0 Å². The predicted octanol–water partition coefficient (Wildman–Crippen LogP) is 1.15. The summed E-state index contributed by atoms with van der Waals surface area (Å²) in [4.78, 5) is 22.3. The molecule has 0 radical (unpaired) electrons. The third-order valence-corrected chi connectivity index (χ3v) is 2.90. The van der Waals surface area contributed by atoms with E-state index in [0.717, 1.165) is 13.0 Å². The van der Waals surface area contributed by atoms with E-state index in [1.54, 1.807) is 0 Å². The maximum absolute atomic E-state index is 13.4. The van der Waals surface area contributed by atoms with Crippen LogP contribution in [-0.2, 0) is 4.79 Å². The van der Waals surface area contributed by atoms with Crippen molar-refractivity contribution in [1.82, 2.24) is 5.32 Å². The second-order valence-corrected chi connectivity index (χ2v) is 4.71. The highest BCUT2D eigenvalue weighted by Gasteiger charge is 2.30. The molecule has 0 bridgehead atoms. The number of carbonyl (C=O) groups is 2. The molecule has 0 aromatic heterocycles. The number of rotatable bonds is 4. The Hall–Kier alpha value is -1.47. The van der Waals surface area contributed by atoms with Crippen LogP contribution in [0, 0.1) is 5.82 Å². The monoisotopic (exact) mass is 319 g/mol. The van der Waals surface area contributed by atoms with E-state index in [-0.39, 0.29) is 10.0 Å². The zero-order chi connectivity index (χ0) is 13.9. The minimum atomic E-state index is -2.10. The number of carboxylic acid groups (broad SMARTS) is 1. The second kappa shape index (κ2) is 5.45. The van der Waals surface area contributed by atoms with Crippen LogP contribution < -0.4 is 5.32 Å². The average Bonchev–Trinajstić information content (AvgIpc) is 2.26. The van der Waals surface area contributed by atoms with E-state index in [1.807, 2.05) is 0 Å². The zero-order valence-corrected chi connectivity index (χ0v) is 11.0. The summed E-state index contributed by atoms with van der Waals surface area (Å²) >= 11 is 3.02. The topological polar surface area (TPSA) is 86.6 Å². The minimum Gasteiger partial charge on any atom is -0.479 e. The first-order valence-electron chi connectivity index (χ1n) is 4.93. The standard InChI is InChI=1S/C11H11BrFNO4/c1-11(18,10(16)17)5-14-9(15)8-6(12)3-2-4-7(8)13/h2-4,18H,5H2,1H3,(H,14,15)(H,16,17). The van der Waals surface area contributed by atoms with Gasteiger partial charge in [0.25, 0.3) is 5.91 Å². The molecule has 1 aromatic carbocycles. The molecule has 98 valence electrons. The largest absolute Gasteiger partial charge is 0.479 e. The van der Waals surface area contributed by atoms with Gasteiger partial charge in [0.2, 0.25) is 0 Å². The van der Waals surface area contributed by atoms with Crippen LogP contribution in [0.2, 0.25) is 0 Å². The molecule has 0 heterocycles. The summed E-state index contributed by atoms with van der Waals surface area (Å²) in [7, 11) is 0. The van der Waals surface area contributed by atoms with Crippen LogP contribution in [0.15, 0.2) is 22.7 Å². The van der Waals surface area contributed by atoms with Gasteiger partial charge in [-0.25, -0.2) is 9.18 Å². The van der Waals surface area contributed by atoms with Crippen molar-refractivity contribution >= 4 is 27.8 Å². The van der Waals surface area contributed by atoms with Crippen LogP contribution in [0.1, 0.15) is 17.3 Å². The Morgan fingerprint density at radius 2 is 2.11 bits per heavy atom. The zero-order valence-electron chi connectivity index (χ0n) is 9.41. The Morgan fingerprint density at radius 1 is 1.50 bits per heavy atom. The molecule has 3 N–H and O–H groups in total. The van der Waals surface area contributed by atoms with Crippen molar-refractivity contribution in [2.75, 3.05) is 6.54 Å². The van der Waals surface area contributed by atoms with Gasteiger partial charge in [-0.15, -0.1) is 0 Å². The van der Waals surface area contributed by atoms with E-state index in [9.17, 15) is 19.1 Å². The van der Waals surface area contributed by atoms with Crippen LogP contribution in [0.4, 0.5) is 4.39 Å². The maximum atomic E-state index is 13.4. The number of halogens is 2. The van der Waals surface area contributed by atoms with Gasteiger partial charge in [0.15, 0.2) is 5.60 Å². The summed E-state index contributed by atoms with van der Waals surface area (Å²) in [5.41, 5.74) is -2.34. The first-order valence-corrected chi connectivity index (χ1v) is 5.73. The quantitative estimate of drug-likeness (QED) is 0.777. The first-order chi connectivity index (χ1) is 8.25. The number of benzene rings is 1. The van der Waals surface area contributed by atoms with Gasteiger partial charge in [0.05, 0.1) is 12.1 Å². The molecule has 0 aliphatic rings. The van der Waals surface area contributed by atoms with Crippen molar-refractivity contribution in [1.29, 1.82) is 0 Å². The van der Waals surface area contributed by atoms with Crippen LogP contribution in [0.25, 0.3) is 0 Å². The third kappa shape index (κ3) is 3.27. The second-order valence-electron chi connectivity index (χ2n) is 3.86. The van der Waals surface area contributed by atoms with Crippen molar-refractivity contribution in [3.05, 3.63) is 34.1 Å². The number of nitrogens with one attached hydrogen (secondary N) is 1. The first kappa shape index (κ1) is 14.6. The molecular formula is C11H11BrFNO4. The molecule has 0 fully saturated rings. The Labute approximate surface area is 111 Å². The summed E-state index contributed by atoms with van der Waals surface area (Å²) in [5, 5.41) is 20.2. The molecule has 5 nitrogen and oxygen atoms in total. The van der Waals surface area contributed by atoms with E-state index in [4.69, 9.17) is 5.11 Å². The van der Waals surface area contributed by atoms with Gasteiger partial charge in [-0.1, -0.05) is 6.07 Å². The SMILES string of the molecule is CC(O)(CNC(=O)c1c(F)cccc1Br)C(=O)O. The maximum Gasteiger partial charge on any atom is 0.337 e. The Morgan fingerprint density at radius 3 is 2.61 bits per heavy atom. The molecule has 1 atom stereocenters. The predicted molar refractivity (Wildman–Crippen MR) is 64.7 cm³/mol. The molecule has 18 heavy (non-hydrogen) atoms. The smallest absolute Gasteiger partial charge is 0.337 e. The molecule has 1 rings (SSSR count). The van der Waals surface area contributed by atoms with Crippen LogP contribution >= 0.6 is 15.9 Å². The van der Waals surface area contributed by atoms with Gasteiger partial charge < -0.3 is 15.5 Å². The number of carbonyl (C=O) groups excluding carboxylic acids is 1. The Bertz CT molecular complexity index is 470. The number of carboxylic acids is 1. The highest BCUT2D eigenvalue weighted by Crippen LogP contribution is 2.19. The summed E-state index contributed by atoms with van der Waals surface area (Å²) in [6.45, 7) is 0.508. The van der Waals surface area contributed by atoms with Crippen molar-refractivity contribution in [2.45, 2.75) is 12.5 Å². The van der Waals surface area contributed by atoms with Gasteiger partial charge in [-0.05, 0) is 35.0 Å². The van der Waals surface area contributed by atoms with E-state index in [0.29, 0.717) is 0 Å². The lowest BCUT2D eigenvalue weighted by Crippen LogP contribution is -2.46. The number of aliphatic carboxylic acids is 1. The molecule has 0 saturated carbocycles. The van der Waals surface area contributed by atoms with E-state index in [1.165, 1.54) is 12.1 Å². The summed E-state index contributed by atoms with van der Waals surface area (Å²) in [5.74, 6) is -3.02. The van der Waals surface area contributed by atoms with Crippen LogP contribution in [0.3, 0.4) is 0 Å². The average molecular weight is 320 g/mol. The summed E-state index contributed by atoms with van der Waals surface area (Å²) in [6.07, 6.45) is 0. The van der Waals surface area contributed by atoms with Crippen LogP contribution in [0.5, 0.6) is 0 Å². The van der Waals surface area contributed by atoms with E-state index >= 15 is 0 Å². The molecule has 1 aromatic rings. The van der Waals surface area contributed by atoms with E-state index < -0.39 is 29.8 Å². The Balaban J connectivity index is 2.82. The normalized spacial score (nSPS) is 13.8. The Kier molecular flexibility index (Phi) is 4.42. The lowest BCUT2D eigenvalue weighted by Gasteiger charge is -2.18. The minimum absolute atomic E-state index is 0.237. The number of amides is 1. The van der Waals surface area contributed by atoms with Crippen molar-refractivity contribution in [3.63, 3.8) is 0 Å². The van der Waals surface area contributed by atoms with Gasteiger partial charge in [0, 0.05) is 4.47 Å². The summed E-state index contributed by atoms with van der Waals surface area (Å²) in [6, 6.07) is 4.01. The van der Waals surface area contributed by atoms with Crippen molar-refractivity contribution < 1.29 is 24.2 Å². The van der Waals surface area contributed by atoms with Gasteiger partial charge in [0.1, 0.15) is 5.82 Å². The molecule has 1 amide bonds. The number of aliphatic hydroxyl groups is 1. The highest BCUT2D eigenvalue weighted by molar-refractivity contribution is 9.10. The fourth-order valence-electron chi connectivity index (χ4n) is 1.13. The third-order valence-electron chi connectivity index (χ3n) is 2.24. The fourth-order valence-corrected chi connectivity index (χ4v) is 1.65. The van der Waals surface area contributed by atoms with Crippen molar-refractivity contribution in [2.24, 2.45) is 0 Å². The lowest BCUT2D eigenvalue weighted by molar-refractivity contribution is -0.155. The van der Waals surface area contributed by atoms with Gasteiger partial charge in [-0.3, -0.25) is 4.79 Å². The molecule has 7 heteroatoms.